The van der Waals surface area contributed by atoms with Crippen LogP contribution in [-0.2, 0) is 6.42 Å². The molecule has 0 saturated carbocycles. The number of rotatable bonds is 7. The first-order valence-electron chi connectivity index (χ1n) is 7.34. The first-order valence-corrected chi connectivity index (χ1v) is 8.22. The van der Waals surface area contributed by atoms with Gasteiger partial charge in [-0.1, -0.05) is 19.4 Å². The standard InChI is InChI=1S/C15H26N2S/c1-2-14-6-10-17(11-7-14)12-9-16-8-5-15-4-3-13-18-15/h3-4,13-14,16H,2,5-12H2,1H3. The van der Waals surface area contributed by atoms with Crippen LogP contribution in [0, 0.1) is 5.92 Å². The molecule has 1 aromatic heterocycles. The summed E-state index contributed by atoms with van der Waals surface area (Å²) in [5.41, 5.74) is 0. The van der Waals surface area contributed by atoms with E-state index in [0.717, 1.165) is 19.0 Å². The van der Waals surface area contributed by atoms with E-state index in [4.69, 9.17) is 0 Å². The molecule has 1 fully saturated rings. The molecule has 2 rings (SSSR count). The van der Waals surface area contributed by atoms with Gasteiger partial charge in [-0.05, 0) is 49.7 Å². The monoisotopic (exact) mass is 266 g/mol. The van der Waals surface area contributed by atoms with Gasteiger partial charge in [0.25, 0.3) is 0 Å². The average Bonchev–Trinajstić information content (AvgIpc) is 2.92. The van der Waals surface area contributed by atoms with Crippen molar-refractivity contribution in [2.24, 2.45) is 5.92 Å². The molecule has 2 nitrogen and oxygen atoms in total. The van der Waals surface area contributed by atoms with E-state index in [-0.39, 0.29) is 0 Å². The molecule has 0 bridgehead atoms. The van der Waals surface area contributed by atoms with Crippen LogP contribution in [0.1, 0.15) is 31.1 Å². The summed E-state index contributed by atoms with van der Waals surface area (Å²) in [6.07, 6.45) is 5.36. The Bertz CT molecular complexity index is 302. The summed E-state index contributed by atoms with van der Waals surface area (Å²) >= 11 is 1.86. The fourth-order valence-corrected chi connectivity index (χ4v) is 3.36. The molecule has 0 aromatic carbocycles. The van der Waals surface area contributed by atoms with Crippen LogP contribution in [0.25, 0.3) is 0 Å². The van der Waals surface area contributed by atoms with Gasteiger partial charge in [0.15, 0.2) is 0 Å². The first kappa shape index (κ1) is 14.0. The summed E-state index contributed by atoms with van der Waals surface area (Å²) in [7, 11) is 0. The second-order valence-electron chi connectivity index (χ2n) is 5.27. The van der Waals surface area contributed by atoms with E-state index < -0.39 is 0 Å². The van der Waals surface area contributed by atoms with Gasteiger partial charge in [0.2, 0.25) is 0 Å². The summed E-state index contributed by atoms with van der Waals surface area (Å²) in [4.78, 5) is 4.11. The Morgan fingerprint density at radius 1 is 1.33 bits per heavy atom. The molecule has 18 heavy (non-hydrogen) atoms. The Labute approximate surface area is 115 Å². The third kappa shape index (κ3) is 4.71. The fourth-order valence-electron chi connectivity index (χ4n) is 2.65. The van der Waals surface area contributed by atoms with Gasteiger partial charge in [0.1, 0.15) is 0 Å². The largest absolute Gasteiger partial charge is 0.315 e. The third-order valence-corrected chi connectivity index (χ3v) is 4.95. The van der Waals surface area contributed by atoms with Crippen LogP contribution in [0.15, 0.2) is 17.5 Å². The van der Waals surface area contributed by atoms with E-state index in [9.17, 15) is 0 Å². The topological polar surface area (TPSA) is 15.3 Å². The van der Waals surface area contributed by atoms with Gasteiger partial charge in [-0.25, -0.2) is 0 Å². The molecule has 1 aliphatic heterocycles. The maximum absolute atomic E-state index is 3.56. The van der Waals surface area contributed by atoms with E-state index in [1.807, 2.05) is 11.3 Å². The molecule has 2 heterocycles. The van der Waals surface area contributed by atoms with Gasteiger partial charge in [0, 0.05) is 24.5 Å². The molecule has 0 spiro atoms. The maximum atomic E-state index is 3.56. The first-order chi connectivity index (χ1) is 8.88. The molecule has 0 unspecified atom stereocenters. The van der Waals surface area contributed by atoms with Crippen molar-refractivity contribution in [2.45, 2.75) is 32.6 Å². The van der Waals surface area contributed by atoms with Gasteiger partial charge in [-0.2, -0.15) is 0 Å². The highest BCUT2D eigenvalue weighted by Crippen LogP contribution is 2.19. The van der Waals surface area contributed by atoms with E-state index in [1.54, 1.807) is 0 Å². The predicted octanol–water partition coefficient (Wildman–Crippen LogP) is 3.00. The Kier molecular flexibility index (Phi) is 6.18. The van der Waals surface area contributed by atoms with Crippen LogP contribution in [0.5, 0.6) is 0 Å². The molecular formula is C15H26N2S. The molecule has 1 saturated heterocycles. The lowest BCUT2D eigenvalue weighted by molar-refractivity contribution is 0.182. The van der Waals surface area contributed by atoms with Crippen molar-refractivity contribution < 1.29 is 0 Å². The van der Waals surface area contributed by atoms with Crippen LogP contribution < -0.4 is 5.32 Å². The van der Waals surface area contributed by atoms with Gasteiger partial charge in [-0.15, -0.1) is 11.3 Å². The molecule has 1 N–H and O–H groups in total. The molecule has 3 heteroatoms. The van der Waals surface area contributed by atoms with Crippen LogP contribution in [0.2, 0.25) is 0 Å². The van der Waals surface area contributed by atoms with E-state index >= 15 is 0 Å². The maximum Gasteiger partial charge on any atom is 0.0107 e. The van der Waals surface area contributed by atoms with Crippen LogP contribution >= 0.6 is 11.3 Å². The molecule has 102 valence electrons. The minimum absolute atomic E-state index is 0.994. The highest BCUT2D eigenvalue weighted by Gasteiger charge is 2.16. The van der Waals surface area contributed by atoms with Crippen molar-refractivity contribution in [3.05, 3.63) is 22.4 Å². The number of nitrogens with zero attached hydrogens (tertiary/aromatic N) is 1. The van der Waals surface area contributed by atoms with E-state index in [0.29, 0.717) is 0 Å². The summed E-state index contributed by atoms with van der Waals surface area (Å²) in [5.74, 6) is 0.994. The van der Waals surface area contributed by atoms with E-state index in [1.165, 1.54) is 50.2 Å². The van der Waals surface area contributed by atoms with Crippen LogP contribution in [0.3, 0.4) is 0 Å². The van der Waals surface area contributed by atoms with Crippen molar-refractivity contribution >= 4 is 11.3 Å². The second kappa shape index (κ2) is 7.93. The minimum atomic E-state index is 0.994. The highest BCUT2D eigenvalue weighted by molar-refractivity contribution is 7.09. The van der Waals surface area contributed by atoms with Gasteiger partial charge < -0.3 is 10.2 Å². The number of hydrogen-bond acceptors (Lipinski definition) is 3. The number of likely N-dealkylation sites (tertiary alicyclic amines) is 1. The van der Waals surface area contributed by atoms with Crippen LogP contribution in [0.4, 0.5) is 0 Å². The van der Waals surface area contributed by atoms with Crippen molar-refractivity contribution in [3.63, 3.8) is 0 Å². The molecule has 1 aliphatic rings. The summed E-state index contributed by atoms with van der Waals surface area (Å²) < 4.78 is 0. The molecule has 1 aromatic rings. The molecule has 0 atom stereocenters. The fraction of sp³-hybridized carbons (Fsp3) is 0.733. The SMILES string of the molecule is CCC1CCN(CCNCCc2cccs2)CC1. The highest BCUT2D eigenvalue weighted by atomic mass is 32.1. The van der Waals surface area contributed by atoms with Gasteiger partial charge >= 0.3 is 0 Å². The lowest BCUT2D eigenvalue weighted by Crippen LogP contribution is -2.38. The molecule has 0 amide bonds. The number of thiophene rings is 1. The predicted molar refractivity (Wildman–Crippen MR) is 80.3 cm³/mol. The number of piperidine rings is 1. The van der Waals surface area contributed by atoms with Crippen molar-refractivity contribution in [3.8, 4) is 0 Å². The Morgan fingerprint density at radius 2 is 2.17 bits per heavy atom. The summed E-state index contributed by atoms with van der Waals surface area (Å²) in [5, 5.41) is 5.72. The van der Waals surface area contributed by atoms with Crippen molar-refractivity contribution in [1.29, 1.82) is 0 Å². The molecular weight excluding hydrogens is 240 g/mol. The summed E-state index contributed by atoms with van der Waals surface area (Å²) in [6, 6.07) is 4.36. The zero-order valence-corrected chi connectivity index (χ0v) is 12.3. The Hall–Kier alpha value is -0.380. The van der Waals surface area contributed by atoms with Gasteiger partial charge in [-0.3, -0.25) is 0 Å². The second-order valence-corrected chi connectivity index (χ2v) is 6.30. The minimum Gasteiger partial charge on any atom is -0.315 e. The van der Waals surface area contributed by atoms with E-state index in [2.05, 4.69) is 34.7 Å². The van der Waals surface area contributed by atoms with Crippen molar-refractivity contribution in [2.75, 3.05) is 32.7 Å². The lowest BCUT2D eigenvalue weighted by atomic mass is 9.94. The smallest absolute Gasteiger partial charge is 0.0107 e. The number of nitrogens with one attached hydrogen (secondary N) is 1. The quantitative estimate of drug-likeness (QED) is 0.763. The molecule has 0 radical (unpaired) electrons. The number of hydrogen-bond donors (Lipinski definition) is 1. The Balaban J connectivity index is 1.48. The molecule has 0 aliphatic carbocycles. The average molecular weight is 266 g/mol. The summed E-state index contributed by atoms with van der Waals surface area (Å²) in [6.45, 7) is 8.43. The Morgan fingerprint density at radius 3 is 2.83 bits per heavy atom. The lowest BCUT2D eigenvalue weighted by Gasteiger charge is -2.31. The normalized spacial score (nSPS) is 18.3. The third-order valence-electron chi connectivity index (χ3n) is 4.02. The van der Waals surface area contributed by atoms with Crippen molar-refractivity contribution in [1.82, 2.24) is 10.2 Å². The zero-order chi connectivity index (χ0) is 12.6. The van der Waals surface area contributed by atoms with Crippen LogP contribution in [-0.4, -0.2) is 37.6 Å². The van der Waals surface area contributed by atoms with Gasteiger partial charge in [0.05, 0.1) is 0 Å². The zero-order valence-electron chi connectivity index (χ0n) is 11.5.